The molecule has 0 aromatic carbocycles. The number of aliphatic imine (C=N–C) groups is 1. The van der Waals surface area contributed by atoms with Gasteiger partial charge in [0, 0.05) is 32.3 Å². The molecule has 1 fully saturated rings. The second-order valence-corrected chi connectivity index (χ2v) is 5.63. The number of amides is 1. The summed E-state index contributed by atoms with van der Waals surface area (Å²) in [5, 5.41) is 0.816. The monoisotopic (exact) mass is 277 g/mol. The number of piperazine rings is 1. The van der Waals surface area contributed by atoms with E-state index in [9.17, 15) is 4.79 Å². The fraction of sp³-hybridized carbons (Fsp3) is 0.385. The van der Waals surface area contributed by atoms with Gasteiger partial charge < -0.3 is 14.2 Å². The van der Waals surface area contributed by atoms with Gasteiger partial charge in [-0.15, -0.1) is 0 Å². The molecule has 3 rings (SSSR count). The average molecular weight is 277 g/mol. The summed E-state index contributed by atoms with van der Waals surface area (Å²) in [5.41, 5.74) is 0. The number of nitrogens with zero attached hydrogens (tertiary/aromatic N) is 3. The number of furan rings is 1. The molecule has 2 aliphatic rings. The Labute approximate surface area is 116 Å². The second kappa shape index (κ2) is 5.22. The van der Waals surface area contributed by atoms with Crippen molar-refractivity contribution >= 4 is 28.9 Å². The molecule has 3 heterocycles. The van der Waals surface area contributed by atoms with E-state index >= 15 is 0 Å². The van der Waals surface area contributed by atoms with Crippen molar-refractivity contribution in [1.82, 2.24) is 9.80 Å². The summed E-state index contributed by atoms with van der Waals surface area (Å²) in [6, 6.07) is 3.63. The van der Waals surface area contributed by atoms with Crippen molar-refractivity contribution in [3.8, 4) is 0 Å². The van der Waals surface area contributed by atoms with E-state index in [1.165, 1.54) is 11.8 Å². The first kappa shape index (κ1) is 12.5. The molecule has 0 saturated carbocycles. The van der Waals surface area contributed by atoms with E-state index in [0.29, 0.717) is 10.7 Å². The number of likely N-dealkylation sites (N-methyl/N-ethyl adjacent to an activating group) is 1. The van der Waals surface area contributed by atoms with Crippen LogP contribution in [0.3, 0.4) is 0 Å². The number of thioether (sulfide) groups is 1. The Morgan fingerprint density at radius 1 is 1.37 bits per heavy atom. The molecule has 1 aromatic rings. The standard InChI is InChI=1S/C13H15N3O2S/c1-15-4-6-16(7-5-15)13-14-12(17)11(19-13)9-10-3-2-8-18-10/h2-3,8-9H,4-7H2,1H3/b11-9+. The third-order valence-electron chi connectivity index (χ3n) is 3.20. The molecule has 0 unspecified atom stereocenters. The first-order valence-corrected chi connectivity index (χ1v) is 7.03. The zero-order chi connectivity index (χ0) is 13.2. The van der Waals surface area contributed by atoms with Crippen LogP contribution in [-0.4, -0.2) is 54.1 Å². The van der Waals surface area contributed by atoms with Crippen molar-refractivity contribution in [2.24, 2.45) is 4.99 Å². The molecule has 0 bridgehead atoms. The van der Waals surface area contributed by atoms with E-state index in [-0.39, 0.29) is 5.91 Å². The Morgan fingerprint density at radius 3 is 2.84 bits per heavy atom. The molecule has 100 valence electrons. The smallest absolute Gasteiger partial charge is 0.286 e. The Bertz CT molecular complexity index is 528. The predicted octanol–water partition coefficient (Wildman–Crippen LogP) is 1.50. The molecule has 19 heavy (non-hydrogen) atoms. The molecular weight excluding hydrogens is 262 g/mol. The van der Waals surface area contributed by atoms with Crippen LogP contribution < -0.4 is 0 Å². The van der Waals surface area contributed by atoms with Crippen LogP contribution in [0.2, 0.25) is 0 Å². The van der Waals surface area contributed by atoms with Gasteiger partial charge in [-0.2, -0.15) is 4.99 Å². The van der Waals surface area contributed by atoms with Gasteiger partial charge in [-0.3, -0.25) is 4.79 Å². The Morgan fingerprint density at radius 2 is 2.16 bits per heavy atom. The highest BCUT2D eigenvalue weighted by Gasteiger charge is 2.27. The molecule has 0 atom stereocenters. The molecule has 6 heteroatoms. The SMILES string of the molecule is CN1CCN(C2=NC(=O)/C(=C\c3ccco3)S2)CC1. The fourth-order valence-corrected chi connectivity index (χ4v) is 2.98. The lowest BCUT2D eigenvalue weighted by Crippen LogP contribution is -2.46. The lowest BCUT2D eigenvalue weighted by molar-refractivity contribution is -0.113. The summed E-state index contributed by atoms with van der Waals surface area (Å²) in [4.78, 5) is 21.1. The highest BCUT2D eigenvalue weighted by atomic mass is 32.2. The highest BCUT2D eigenvalue weighted by Crippen LogP contribution is 2.30. The molecule has 0 radical (unpaired) electrons. The summed E-state index contributed by atoms with van der Waals surface area (Å²) in [7, 11) is 2.11. The maximum atomic E-state index is 11.9. The van der Waals surface area contributed by atoms with E-state index in [0.717, 1.165) is 31.3 Å². The van der Waals surface area contributed by atoms with E-state index in [4.69, 9.17) is 4.42 Å². The van der Waals surface area contributed by atoms with E-state index < -0.39 is 0 Å². The first-order chi connectivity index (χ1) is 9.22. The quantitative estimate of drug-likeness (QED) is 0.728. The van der Waals surface area contributed by atoms with Crippen LogP contribution in [0.25, 0.3) is 6.08 Å². The predicted molar refractivity (Wildman–Crippen MR) is 75.8 cm³/mol. The summed E-state index contributed by atoms with van der Waals surface area (Å²) >= 11 is 1.43. The van der Waals surface area contributed by atoms with Gasteiger partial charge >= 0.3 is 0 Å². The molecular formula is C13H15N3O2S. The van der Waals surface area contributed by atoms with Crippen molar-refractivity contribution in [3.63, 3.8) is 0 Å². The lowest BCUT2D eigenvalue weighted by atomic mass is 10.3. The van der Waals surface area contributed by atoms with Crippen LogP contribution in [0.5, 0.6) is 0 Å². The number of carbonyl (C=O) groups is 1. The molecule has 1 aromatic heterocycles. The summed E-state index contributed by atoms with van der Waals surface area (Å²) < 4.78 is 5.23. The van der Waals surface area contributed by atoms with Crippen LogP contribution in [0.1, 0.15) is 5.76 Å². The maximum Gasteiger partial charge on any atom is 0.286 e. The summed E-state index contributed by atoms with van der Waals surface area (Å²) in [5.74, 6) is 0.515. The largest absolute Gasteiger partial charge is 0.465 e. The number of hydrogen-bond acceptors (Lipinski definition) is 5. The summed E-state index contributed by atoms with van der Waals surface area (Å²) in [6.07, 6.45) is 3.35. The van der Waals surface area contributed by atoms with Gasteiger partial charge in [0.05, 0.1) is 11.2 Å². The van der Waals surface area contributed by atoms with Crippen LogP contribution in [-0.2, 0) is 4.79 Å². The zero-order valence-electron chi connectivity index (χ0n) is 10.7. The second-order valence-electron chi connectivity index (χ2n) is 4.62. The third kappa shape index (κ3) is 2.74. The van der Waals surface area contributed by atoms with Gasteiger partial charge in [0.15, 0.2) is 5.17 Å². The van der Waals surface area contributed by atoms with Gasteiger partial charge in [0.2, 0.25) is 0 Å². The minimum absolute atomic E-state index is 0.171. The molecule has 0 aliphatic carbocycles. The number of carbonyl (C=O) groups excluding carboxylic acids is 1. The number of hydrogen-bond donors (Lipinski definition) is 0. The normalized spacial score (nSPS) is 23.2. The van der Waals surface area contributed by atoms with Crippen molar-refractivity contribution in [2.45, 2.75) is 0 Å². The van der Waals surface area contributed by atoms with Gasteiger partial charge in [-0.1, -0.05) is 0 Å². The molecule has 1 saturated heterocycles. The van der Waals surface area contributed by atoms with Gasteiger partial charge in [0.25, 0.3) is 5.91 Å². The van der Waals surface area contributed by atoms with E-state index in [1.54, 1.807) is 18.4 Å². The third-order valence-corrected chi connectivity index (χ3v) is 4.24. The maximum absolute atomic E-state index is 11.9. The molecule has 2 aliphatic heterocycles. The van der Waals surface area contributed by atoms with Crippen LogP contribution in [0.15, 0.2) is 32.7 Å². The van der Waals surface area contributed by atoms with Gasteiger partial charge in [0.1, 0.15) is 5.76 Å². The molecule has 1 amide bonds. The Kier molecular flexibility index (Phi) is 3.44. The summed E-state index contributed by atoms with van der Waals surface area (Å²) in [6.45, 7) is 3.85. The zero-order valence-corrected chi connectivity index (χ0v) is 11.5. The highest BCUT2D eigenvalue weighted by molar-refractivity contribution is 8.18. The van der Waals surface area contributed by atoms with Crippen LogP contribution in [0, 0.1) is 0 Å². The van der Waals surface area contributed by atoms with E-state index in [2.05, 4.69) is 21.8 Å². The first-order valence-electron chi connectivity index (χ1n) is 6.22. The number of amidine groups is 1. The molecule has 0 spiro atoms. The fourth-order valence-electron chi connectivity index (χ4n) is 2.03. The number of rotatable bonds is 1. The van der Waals surface area contributed by atoms with Crippen molar-refractivity contribution in [2.75, 3.05) is 33.2 Å². The van der Waals surface area contributed by atoms with Crippen molar-refractivity contribution in [1.29, 1.82) is 0 Å². The Balaban J connectivity index is 1.70. The molecule has 5 nitrogen and oxygen atoms in total. The average Bonchev–Trinajstić information content (AvgIpc) is 3.02. The minimum atomic E-state index is -0.171. The topological polar surface area (TPSA) is 49.0 Å². The lowest BCUT2D eigenvalue weighted by Gasteiger charge is -2.32. The minimum Gasteiger partial charge on any atom is -0.465 e. The van der Waals surface area contributed by atoms with Crippen LogP contribution in [0.4, 0.5) is 0 Å². The van der Waals surface area contributed by atoms with Crippen LogP contribution >= 0.6 is 11.8 Å². The van der Waals surface area contributed by atoms with E-state index in [1.807, 2.05) is 6.07 Å². The van der Waals surface area contributed by atoms with Crippen molar-refractivity contribution in [3.05, 3.63) is 29.1 Å². The molecule has 0 N–H and O–H groups in total. The Hall–Kier alpha value is -1.53. The van der Waals surface area contributed by atoms with Crippen molar-refractivity contribution < 1.29 is 9.21 Å². The van der Waals surface area contributed by atoms with Gasteiger partial charge in [-0.25, -0.2) is 0 Å². The van der Waals surface area contributed by atoms with Gasteiger partial charge in [-0.05, 0) is 30.9 Å².